The Balaban J connectivity index is 1.76. The summed E-state index contributed by atoms with van der Waals surface area (Å²) in [4.78, 5) is 4.37. The summed E-state index contributed by atoms with van der Waals surface area (Å²) in [5.41, 5.74) is 5.35. The highest BCUT2D eigenvalue weighted by atomic mass is 32.2. The van der Waals surface area contributed by atoms with Crippen LogP contribution in [0.2, 0.25) is 0 Å². The highest BCUT2D eigenvalue weighted by Gasteiger charge is 2.22. The van der Waals surface area contributed by atoms with Crippen LogP contribution in [-0.2, 0) is 16.3 Å². The second kappa shape index (κ2) is 9.79. The van der Waals surface area contributed by atoms with E-state index in [1.165, 1.54) is 6.26 Å². The van der Waals surface area contributed by atoms with Gasteiger partial charge in [0.2, 0.25) is 0 Å². The molecule has 1 heterocycles. The maximum Gasteiger partial charge on any atom is 0.175 e. The molecule has 0 saturated heterocycles. The summed E-state index contributed by atoms with van der Waals surface area (Å²) < 4.78 is 23.6. The molecule has 166 valence electrons. The molecule has 6 heteroatoms. The van der Waals surface area contributed by atoms with Gasteiger partial charge in [-0.05, 0) is 52.9 Å². The van der Waals surface area contributed by atoms with Gasteiger partial charge in [-0.2, -0.15) is 0 Å². The monoisotopic (exact) mass is 456 g/mol. The molecule has 1 aromatic heterocycles. The largest absolute Gasteiger partial charge is 0.411 e. The van der Waals surface area contributed by atoms with Gasteiger partial charge in [-0.15, -0.1) is 0 Å². The van der Waals surface area contributed by atoms with Crippen LogP contribution in [0.1, 0.15) is 22.6 Å². The van der Waals surface area contributed by atoms with Crippen molar-refractivity contribution in [3.05, 3.63) is 120 Å². The van der Waals surface area contributed by atoms with E-state index in [1.807, 2.05) is 60.7 Å². The van der Waals surface area contributed by atoms with Crippen molar-refractivity contribution < 1.29 is 13.6 Å². The van der Waals surface area contributed by atoms with Crippen LogP contribution < -0.4 is 0 Å². The lowest BCUT2D eigenvalue weighted by Gasteiger charge is -2.20. The van der Waals surface area contributed by atoms with Crippen molar-refractivity contribution in [2.75, 3.05) is 6.26 Å². The first-order valence-corrected chi connectivity index (χ1v) is 12.4. The molecule has 4 aromatic rings. The topological polar surface area (TPSA) is 79.6 Å². The van der Waals surface area contributed by atoms with E-state index in [0.29, 0.717) is 12.1 Å². The molecule has 4 rings (SSSR count). The number of benzene rings is 3. The SMILES string of the molecule is CS(=O)(=O)c1ccc(-c2cccc(C(Cc3ccccc3)C(=NO)c3ccncc3)c2)cc1. The van der Waals surface area contributed by atoms with E-state index in [4.69, 9.17) is 0 Å². The number of sulfone groups is 1. The maximum atomic E-state index is 11.8. The summed E-state index contributed by atoms with van der Waals surface area (Å²) in [5.74, 6) is -0.199. The highest BCUT2D eigenvalue weighted by molar-refractivity contribution is 7.90. The zero-order chi connectivity index (χ0) is 23.3. The van der Waals surface area contributed by atoms with Gasteiger partial charge in [0.1, 0.15) is 0 Å². The van der Waals surface area contributed by atoms with Gasteiger partial charge in [-0.1, -0.05) is 71.9 Å². The van der Waals surface area contributed by atoms with Crippen molar-refractivity contribution in [2.45, 2.75) is 17.2 Å². The van der Waals surface area contributed by atoms with Gasteiger partial charge >= 0.3 is 0 Å². The molecule has 0 amide bonds. The average Bonchev–Trinajstić information content (AvgIpc) is 2.85. The van der Waals surface area contributed by atoms with Gasteiger partial charge in [-0.3, -0.25) is 4.98 Å². The number of oxime groups is 1. The highest BCUT2D eigenvalue weighted by Crippen LogP contribution is 2.30. The van der Waals surface area contributed by atoms with Gasteiger partial charge in [0, 0.05) is 30.1 Å². The first kappa shape index (κ1) is 22.4. The minimum atomic E-state index is -3.25. The molecule has 5 nitrogen and oxygen atoms in total. The Kier molecular flexibility index (Phi) is 6.66. The van der Waals surface area contributed by atoms with Crippen LogP contribution >= 0.6 is 0 Å². The van der Waals surface area contributed by atoms with Crippen LogP contribution in [0.5, 0.6) is 0 Å². The molecule has 0 aliphatic carbocycles. The third-order valence-electron chi connectivity index (χ3n) is 5.60. The van der Waals surface area contributed by atoms with Crippen molar-refractivity contribution in [1.82, 2.24) is 4.98 Å². The molecular formula is C27H24N2O3S. The summed E-state index contributed by atoms with van der Waals surface area (Å²) in [7, 11) is -3.25. The number of hydrogen-bond donors (Lipinski definition) is 1. The lowest BCUT2D eigenvalue weighted by molar-refractivity contribution is 0.317. The Morgan fingerprint density at radius 2 is 1.58 bits per heavy atom. The Labute approximate surface area is 194 Å². The predicted molar refractivity (Wildman–Crippen MR) is 130 cm³/mol. The van der Waals surface area contributed by atoms with E-state index < -0.39 is 9.84 Å². The third-order valence-corrected chi connectivity index (χ3v) is 6.73. The maximum absolute atomic E-state index is 11.8. The smallest absolute Gasteiger partial charge is 0.175 e. The van der Waals surface area contributed by atoms with E-state index in [2.05, 4.69) is 28.3 Å². The molecule has 0 bridgehead atoms. The third kappa shape index (κ3) is 5.35. The molecule has 0 spiro atoms. The Bertz CT molecular complexity index is 1350. The summed E-state index contributed by atoms with van der Waals surface area (Å²) in [6, 6.07) is 28.7. The van der Waals surface area contributed by atoms with Gasteiger partial charge in [-0.25, -0.2) is 8.42 Å². The predicted octanol–water partition coefficient (Wildman–Crippen LogP) is 5.36. The standard InChI is InChI=1S/C27H24N2O3S/c1-33(31,32)25-12-10-21(11-13-25)23-8-5-9-24(19-23)26(18-20-6-3-2-4-7-20)27(29-30)22-14-16-28-17-15-22/h2-17,19,26,30H,18H2,1H3. The second-order valence-corrected chi connectivity index (χ2v) is 9.90. The summed E-state index contributed by atoms with van der Waals surface area (Å²) in [6.45, 7) is 0. The number of rotatable bonds is 7. The molecule has 33 heavy (non-hydrogen) atoms. The summed E-state index contributed by atoms with van der Waals surface area (Å²) in [5, 5.41) is 13.7. The Hall–Kier alpha value is -3.77. The first-order chi connectivity index (χ1) is 16.0. The van der Waals surface area contributed by atoms with E-state index in [-0.39, 0.29) is 10.8 Å². The fourth-order valence-corrected chi connectivity index (χ4v) is 4.53. The zero-order valence-corrected chi connectivity index (χ0v) is 19.0. The van der Waals surface area contributed by atoms with Gasteiger partial charge in [0.25, 0.3) is 0 Å². The number of hydrogen-bond acceptors (Lipinski definition) is 5. The van der Waals surface area contributed by atoms with Crippen molar-refractivity contribution in [3.63, 3.8) is 0 Å². The molecule has 0 radical (unpaired) electrons. The van der Waals surface area contributed by atoms with Gasteiger partial charge in [0.05, 0.1) is 10.6 Å². The molecule has 0 saturated carbocycles. The minimum absolute atomic E-state index is 0.199. The van der Waals surface area contributed by atoms with E-state index in [0.717, 1.165) is 27.8 Å². The Morgan fingerprint density at radius 3 is 2.21 bits per heavy atom. The zero-order valence-electron chi connectivity index (χ0n) is 18.2. The molecular weight excluding hydrogens is 432 g/mol. The van der Waals surface area contributed by atoms with Crippen molar-refractivity contribution in [2.24, 2.45) is 5.16 Å². The van der Waals surface area contributed by atoms with Crippen LogP contribution in [0.3, 0.4) is 0 Å². The van der Waals surface area contributed by atoms with Gasteiger partial charge in [0.15, 0.2) is 9.84 Å². The average molecular weight is 457 g/mol. The molecule has 3 aromatic carbocycles. The molecule has 1 atom stereocenters. The first-order valence-electron chi connectivity index (χ1n) is 10.5. The van der Waals surface area contributed by atoms with Crippen molar-refractivity contribution >= 4 is 15.5 Å². The number of nitrogens with zero attached hydrogens (tertiary/aromatic N) is 2. The number of pyridine rings is 1. The van der Waals surface area contributed by atoms with Crippen LogP contribution in [0, 0.1) is 0 Å². The van der Waals surface area contributed by atoms with E-state index in [1.54, 1.807) is 24.5 Å². The summed E-state index contributed by atoms with van der Waals surface area (Å²) in [6.07, 6.45) is 5.21. The molecule has 0 fully saturated rings. The quantitative estimate of drug-likeness (QED) is 0.231. The fraction of sp³-hybridized carbons (Fsp3) is 0.111. The van der Waals surface area contributed by atoms with Crippen LogP contribution in [-0.4, -0.2) is 30.6 Å². The van der Waals surface area contributed by atoms with Crippen LogP contribution in [0.15, 0.2) is 113 Å². The van der Waals surface area contributed by atoms with Crippen LogP contribution in [0.4, 0.5) is 0 Å². The normalized spacial score (nSPS) is 12.9. The molecule has 1 N–H and O–H groups in total. The number of aromatic nitrogens is 1. The fourth-order valence-electron chi connectivity index (χ4n) is 3.90. The van der Waals surface area contributed by atoms with Crippen molar-refractivity contribution in [3.8, 4) is 11.1 Å². The van der Waals surface area contributed by atoms with E-state index >= 15 is 0 Å². The summed E-state index contributed by atoms with van der Waals surface area (Å²) >= 11 is 0. The van der Waals surface area contributed by atoms with E-state index in [9.17, 15) is 13.6 Å². The van der Waals surface area contributed by atoms with Crippen LogP contribution in [0.25, 0.3) is 11.1 Å². The lowest BCUT2D eigenvalue weighted by atomic mass is 9.84. The molecule has 0 aliphatic rings. The molecule has 1 unspecified atom stereocenters. The molecule has 0 aliphatic heterocycles. The Morgan fingerprint density at radius 1 is 0.879 bits per heavy atom. The van der Waals surface area contributed by atoms with Crippen molar-refractivity contribution in [1.29, 1.82) is 0 Å². The second-order valence-electron chi connectivity index (χ2n) is 7.89. The minimum Gasteiger partial charge on any atom is -0.411 e. The lowest BCUT2D eigenvalue weighted by Crippen LogP contribution is -2.17. The van der Waals surface area contributed by atoms with Gasteiger partial charge < -0.3 is 5.21 Å².